The summed E-state index contributed by atoms with van der Waals surface area (Å²) < 4.78 is 0.894. The Bertz CT molecular complexity index is 592. The van der Waals surface area contributed by atoms with E-state index >= 15 is 0 Å². The van der Waals surface area contributed by atoms with E-state index in [4.69, 9.17) is 5.41 Å². The molecule has 1 unspecified atom stereocenters. The molecule has 104 valence electrons. The number of aliphatic hydroxyl groups is 2. The van der Waals surface area contributed by atoms with E-state index in [1.807, 2.05) is 12.1 Å². The van der Waals surface area contributed by atoms with Crippen LogP contribution < -0.4 is 0 Å². The minimum absolute atomic E-state index is 0.118. The number of rotatable bonds is 4. The van der Waals surface area contributed by atoms with Gasteiger partial charge in [0.15, 0.2) is 5.79 Å². The number of hydrogen-bond acceptors (Lipinski definition) is 4. The fraction of sp³-hybridized carbons (Fsp3) is 0.200. The zero-order valence-electron chi connectivity index (χ0n) is 10.9. The van der Waals surface area contributed by atoms with Crippen LogP contribution in [0.1, 0.15) is 24.0 Å². The SMILES string of the molecule is CC(O)(O)C(C(=N)c1cccnc1)c1ccc(Br)cc1. The molecule has 0 radical (unpaired) electrons. The standard InChI is InChI=1S/C15H15BrN2O2/c1-15(19,20)13(10-4-6-12(16)7-5-10)14(17)11-3-2-8-18-9-11/h2-9,13,17,19-20H,1H3. The van der Waals surface area contributed by atoms with Gasteiger partial charge in [-0.2, -0.15) is 0 Å². The molecule has 20 heavy (non-hydrogen) atoms. The van der Waals surface area contributed by atoms with Gasteiger partial charge in [0.25, 0.3) is 0 Å². The normalized spacial score (nSPS) is 13.0. The Morgan fingerprint density at radius 1 is 1.25 bits per heavy atom. The van der Waals surface area contributed by atoms with Gasteiger partial charge in [-0.1, -0.05) is 34.1 Å². The van der Waals surface area contributed by atoms with Gasteiger partial charge in [0.05, 0.1) is 11.6 Å². The molecule has 0 aliphatic heterocycles. The second-order valence-corrected chi connectivity index (χ2v) is 5.65. The summed E-state index contributed by atoms with van der Waals surface area (Å²) in [7, 11) is 0. The Morgan fingerprint density at radius 3 is 2.40 bits per heavy atom. The van der Waals surface area contributed by atoms with Crippen molar-refractivity contribution in [3.05, 3.63) is 64.4 Å². The number of nitrogens with zero attached hydrogens (tertiary/aromatic N) is 1. The number of hydrogen-bond donors (Lipinski definition) is 3. The predicted molar refractivity (Wildman–Crippen MR) is 80.8 cm³/mol. The molecule has 4 nitrogen and oxygen atoms in total. The van der Waals surface area contributed by atoms with Gasteiger partial charge in [0.2, 0.25) is 0 Å². The van der Waals surface area contributed by atoms with Crippen molar-refractivity contribution in [3.8, 4) is 0 Å². The monoisotopic (exact) mass is 334 g/mol. The molecule has 1 atom stereocenters. The molecule has 0 bridgehead atoms. The summed E-state index contributed by atoms with van der Waals surface area (Å²) in [6, 6.07) is 10.6. The smallest absolute Gasteiger partial charge is 0.172 e. The lowest BCUT2D eigenvalue weighted by molar-refractivity contribution is -0.149. The summed E-state index contributed by atoms with van der Waals surface area (Å²) in [6.45, 7) is 1.28. The van der Waals surface area contributed by atoms with E-state index in [1.54, 1.807) is 36.7 Å². The van der Waals surface area contributed by atoms with Crippen LogP contribution in [0.15, 0.2) is 53.3 Å². The average Bonchev–Trinajstić information content (AvgIpc) is 2.41. The van der Waals surface area contributed by atoms with Crippen LogP contribution in [-0.2, 0) is 0 Å². The van der Waals surface area contributed by atoms with Crippen LogP contribution in [0.5, 0.6) is 0 Å². The summed E-state index contributed by atoms with van der Waals surface area (Å²) >= 11 is 3.34. The summed E-state index contributed by atoms with van der Waals surface area (Å²) in [5.74, 6) is -2.87. The minimum Gasteiger partial charge on any atom is -0.365 e. The van der Waals surface area contributed by atoms with E-state index in [0.717, 1.165) is 4.47 Å². The van der Waals surface area contributed by atoms with Gasteiger partial charge in [0, 0.05) is 22.4 Å². The van der Waals surface area contributed by atoms with E-state index in [-0.39, 0.29) is 5.71 Å². The van der Waals surface area contributed by atoms with Crippen molar-refractivity contribution >= 4 is 21.6 Å². The summed E-state index contributed by atoms with van der Waals surface area (Å²) in [4.78, 5) is 3.97. The lowest BCUT2D eigenvalue weighted by Crippen LogP contribution is -2.37. The van der Waals surface area contributed by atoms with Crippen LogP contribution in [0.3, 0.4) is 0 Å². The van der Waals surface area contributed by atoms with Crippen molar-refractivity contribution in [2.24, 2.45) is 0 Å². The van der Waals surface area contributed by atoms with Crippen LogP contribution in [0, 0.1) is 5.41 Å². The largest absolute Gasteiger partial charge is 0.365 e. The highest BCUT2D eigenvalue weighted by Gasteiger charge is 2.35. The van der Waals surface area contributed by atoms with Crippen molar-refractivity contribution in [2.75, 3.05) is 0 Å². The van der Waals surface area contributed by atoms with Crippen molar-refractivity contribution in [3.63, 3.8) is 0 Å². The van der Waals surface area contributed by atoms with Crippen molar-refractivity contribution in [1.29, 1.82) is 5.41 Å². The Hall–Kier alpha value is -1.56. The Labute approximate surface area is 125 Å². The first kappa shape index (κ1) is 14.8. The van der Waals surface area contributed by atoms with E-state index in [2.05, 4.69) is 20.9 Å². The summed E-state index contributed by atoms with van der Waals surface area (Å²) in [5.41, 5.74) is 1.34. The minimum atomic E-state index is -2.03. The first-order valence-corrected chi connectivity index (χ1v) is 6.88. The number of benzene rings is 1. The lowest BCUT2D eigenvalue weighted by Gasteiger charge is -2.29. The lowest BCUT2D eigenvalue weighted by atomic mass is 9.84. The highest BCUT2D eigenvalue weighted by Crippen LogP contribution is 2.30. The highest BCUT2D eigenvalue weighted by molar-refractivity contribution is 9.10. The Kier molecular flexibility index (Phi) is 4.32. The average molecular weight is 335 g/mol. The van der Waals surface area contributed by atoms with Crippen molar-refractivity contribution < 1.29 is 10.2 Å². The Morgan fingerprint density at radius 2 is 1.90 bits per heavy atom. The van der Waals surface area contributed by atoms with E-state index in [9.17, 15) is 10.2 Å². The maximum absolute atomic E-state index is 10.0. The van der Waals surface area contributed by atoms with Gasteiger partial charge >= 0.3 is 0 Å². The van der Waals surface area contributed by atoms with Crippen molar-refractivity contribution in [1.82, 2.24) is 4.98 Å². The molecule has 1 aromatic heterocycles. The number of halogens is 1. The molecule has 2 rings (SSSR count). The molecule has 0 aliphatic rings. The number of aromatic nitrogens is 1. The quantitative estimate of drug-likeness (QED) is 0.594. The maximum Gasteiger partial charge on any atom is 0.172 e. The van der Waals surface area contributed by atoms with Gasteiger partial charge < -0.3 is 15.6 Å². The fourth-order valence-electron chi connectivity index (χ4n) is 2.10. The first-order chi connectivity index (χ1) is 9.39. The molecule has 1 aromatic carbocycles. The molecule has 0 spiro atoms. The van der Waals surface area contributed by atoms with Crippen molar-refractivity contribution in [2.45, 2.75) is 18.6 Å². The summed E-state index contributed by atoms with van der Waals surface area (Å²) in [5, 5.41) is 28.3. The van der Waals surface area contributed by atoms with Gasteiger partial charge in [-0.05, 0) is 30.7 Å². The van der Waals surface area contributed by atoms with Crippen LogP contribution in [0.4, 0.5) is 0 Å². The molecule has 2 aromatic rings. The van der Waals surface area contributed by atoms with Crippen LogP contribution in [0.25, 0.3) is 0 Å². The molecule has 5 heteroatoms. The predicted octanol–water partition coefficient (Wildman–Crippen LogP) is 2.70. The molecule has 0 saturated carbocycles. The van der Waals surface area contributed by atoms with Gasteiger partial charge in [-0.3, -0.25) is 4.98 Å². The molecule has 0 fully saturated rings. The third-order valence-electron chi connectivity index (χ3n) is 3.01. The third-order valence-corrected chi connectivity index (χ3v) is 3.54. The van der Waals surface area contributed by atoms with Gasteiger partial charge in [-0.25, -0.2) is 0 Å². The molecule has 3 N–H and O–H groups in total. The van der Waals surface area contributed by atoms with Crippen LogP contribution >= 0.6 is 15.9 Å². The zero-order chi connectivity index (χ0) is 14.8. The molecular weight excluding hydrogens is 320 g/mol. The van der Waals surface area contributed by atoms with Crippen LogP contribution in [0.2, 0.25) is 0 Å². The highest BCUT2D eigenvalue weighted by atomic mass is 79.9. The molecule has 1 heterocycles. The fourth-order valence-corrected chi connectivity index (χ4v) is 2.36. The van der Waals surface area contributed by atoms with E-state index in [1.165, 1.54) is 6.92 Å². The second kappa shape index (κ2) is 5.83. The van der Waals surface area contributed by atoms with E-state index in [0.29, 0.717) is 11.1 Å². The number of nitrogens with one attached hydrogen (secondary N) is 1. The van der Waals surface area contributed by atoms with Gasteiger partial charge in [-0.15, -0.1) is 0 Å². The molecule has 0 aliphatic carbocycles. The Balaban J connectivity index is 2.44. The molecular formula is C15H15BrN2O2. The topological polar surface area (TPSA) is 77.2 Å². The zero-order valence-corrected chi connectivity index (χ0v) is 12.5. The second-order valence-electron chi connectivity index (χ2n) is 4.73. The van der Waals surface area contributed by atoms with Gasteiger partial charge in [0.1, 0.15) is 0 Å². The number of pyridine rings is 1. The molecule has 0 saturated heterocycles. The van der Waals surface area contributed by atoms with E-state index < -0.39 is 11.7 Å². The molecule has 0 amide bonds. The first-order valence-electron chi connectivity index (χ1n) is 6.08. The maximum atomic E-state index is 10.0. The third kappa shape index (κ3) is 3.30. The summed E-state index contributed by atoms with van der Waals surface area (Å²) in [6.07, 6.45) is 3.16. The van der Waals surface area contributed by atoms with Crippen LogP contribution in [-0.4, -0.2) is 26.7 Å².